The fourth-order valence-corrected chi connectivity index (χ4v) is 1.79. The number of esters is 1. The van der Waals surface area contributed by atoms with E-state index in [1.165, 1.54) is 11.8 Å². The molecule has 4 N–H and O–H groups in total. The molecule has 102 valence electrons. The first-order chi connectivity index (χ1) is 9.17. The van der Waals surface area contributed by atoms with Crippen LogP contribution in [0.1, 0.15) is 16.8 Å². The van der Waals surface area contributed by atoms with Gasteiger partial charge in [-0.1, -0.05) is 0 Å². The minimum atomic E-state index is -0.532. The SMILES string of the molecule is COC(=O)c1c(NC2CNC2)nn(CCC#N)c1N. The lowest BCUT2D eigenvalue weighted by molar-refractivity contribution is 0.0603. The van der Waals surface area contributed by atoms with E-state index >= 15 is 0 Å². The summed E-state index contributed by atoms with van der Waals surface area (Å²) in [6.45, 7) is 1.97. The first kappa shape index (κ1) is 13.2. The zero-order valence-corrected chi connectivity index (χ0v) is 10.6. The topological polar surface area (TPSA) is 118 Å². The molecule has 0 spiro atoms. The average molecular weight is 264 g/mol. The van der Waals surface area contributed by atoms with Gasteiger partial charge in [0.15, 0.2) is 5.82 Å². The largest absolute Gasteiger partial charge is 0.465 e. The number of nitrogens with one attached hydrogen (secondary N) is 2. The van der Waals surface area contributed by atoms with E-state index in [0.717, 1.165) is 13.1 Å². The summed E-state index contributed by atoms with van der Waals surface area (Å²) in [5.41, 5.74) is 6.12. The van der Waals surface area contributed by atoms with Crippen LogP contribution < -0.4 is 16.4 Å². The van der Waals surface area contributed by atoms with Crippen molar-refractivity contribution in [3.8, 4) is 6.07 Å². The molecule has 0 aliphatic carbocycles. The Morgan fingerprint density at radius 2 is 2.47 bits per heavy atom. The average Bonchev–Trinajstić information content (AvgIpc) is 2.67. The monoisotopic (exact) mass is 264 g/mol. The van der Waals surface area contributed by atoms with Crippen LogP contribution in [0.2, 0.25) is 0 Å². The van der Waals surface area contributed by atoms with Crippen molar-refractivity contribution >= 4 is 17.6 Å². The number of anilines is 2. The summed E-state index contributed by atoms with van der Waals surface area (Å²) in [5, 5.41) is 19.1. The summed E-state index contributed by atoms with van der Waals surface area (Å²) < 4.78 is 6.16. The van der Waals surface area contributed by atoms with Crippen molar-refractivity contribution in [3.05, 3.63) is 5.56 Å². The second kappa shape index (κ2) is 5.58. The van der Waals surface area contributed by atoms with E-state index < -0.39 is 5.97 Å². The van der Waals surface area contributed by atoms with Crippen molar-refractivity contribution in [2.75, 3.05) is 31.2 Å². The lowest BCUT2D eigenvalue weighted by Crippen LogP contribution is -2.51. The van der Waals surface area contributed by atoms with Gasteiger partial charge in [0, 0.05) is 13.1 Å². The normalized spacial score (nSPS) is 14.5. The van der Waals surface area contributed by atoms with Gasteiger partial charge in [0.05, 0.1) is 32.2 Å². The molecule has 19 heavy (non-hydrogen) atoms. The highest BCUT2D eigenvalue weighted by Crippen LogP contribution is 2.24. The first-order valence-corrected chi connectivity index (χ1v) is 5.96. The summed E-state index contributed by atoms with van der Waals surface area (Å²) in [7, 11) is 1.29. The Bertz CT molecular complexity index is 514. The highest BCUT2D eigenvalue weighted by Gasteiger charge is 2.26. The fraction of sp³-hybridized carbons (Fsp3) is 0.545. The molecule has 8 heteroatoms. The van der Waals surface area contributed by atoms with E-state index in [4.69, 9.17) is 15.7 Å². The smallest absolute Gasteiger partial charge is 0.345 e. The molecule has 0 aromatic carbocycles. The molecule has 2 rings (SSSR count). The molecule has 0 bridgehead atoms. The lowest BCUT2D eigenvalue weighted by atomic mass is 10.1. The van der Waals surface area contributed by atoms with Gasteiger partial charge in [-0.3, -0.25) is 0 Å². The maximum Gasteiger partial charge on any atom is 0.345 e. The number of methoxy groups -OCH3 is 1. The number of ether oxygens (including phenoxy) is 1. The van der Waals surface area contributed by atoms with Gasteiger partial charge in [-0.15, -0.1) is 0 Å². The summed E-state index contributed by atoms with van der Waals surface area (Å²) in [6, 6.07) is 2.24. The van der Waals surface area contributed by atoms with Crippen LogP contribution >= 0.6 is 0 Å². The second-order valence-corrected chi connectivity index (χ2v) is 4.23. The number of nitrogens with zero attached hydrogens (tertiary/aromatic N) is 3. The Morgan fingerprint density at radius 3 is 3.00 bits per heavy atom. The van der Waals surface area contributed by atoms with Gasteiger partial charge >= 0.3 is 5.97 Å². The molecule has 0 saturated carbocycles. The molecule has 0 atom stereocenters. The van der Waals surface area contributed by atoms with Crippen LogP contribution in [-0.2, 0) is 11.3 Å². The number of nitrogen functional groups attached to an aromatic ring is 1. The third-order valence-corrected chi connectivity index (χ3v) is 2.94. The molecule has 1 fully saturated rings. The number of hydrogen-bond donors (Lipinski definition) is 3. The van der Waals surface area contributed by atoms with E-state index in [9.17, 15) is 4.79 Å². The molecule has 1 aliphatic rings. The Kier molecular flexibility index (Phi) is 3.87. The molecule has 1 saturated heterocycles. The third kappa shape index (κ3) is 2.61. The van der Waals surface area contributed by atoms with E-state index in [2.05, 4.69) is 15.7 Å². The number of carbonyl (C=O) groups excluding carboxylic acids is 1. The lowest BCUT2D eigenvalue weighted by Gasteiger charge is -2.28. The number of carbonyl (C=O) groups is 1. The fourth-order valence-electron chi connectivity index (χ4n) is 1.79. The number of rotatable bonds is 5. The number of aryl methyl sites for hydroxylation is 1. The van der Waals surface area contributed by atoms with Crippen molar-refractivity contribution in [2.24, 2.45) is 0 Å². The molecule has 0 amide bonds. The van der Waals surface area contributed by atoms with Crippen molar-refractivity contribution in [1.29, 1.82) is 5.26 Å². The van der Waals surface area contributed by atoms with Crippen molar-refractivity contribution in [1.82, 2.24) is 15.1 Å². The molecule has 1 aromatic heterocycles. The van der Waals surface area contributed by atoms with E-state index in [-0.39, 0.29) is 23.8 Å². The third-order valence-electron chi connectivity index (χ3n) is 2.94. The molecule has 0 unspecified atom stereocenters. The Labute approximate surface area is 110 Å². The van der Waals surface area contributed by atoms with E-state index in [1.807, 2.05) is 6.07 Å². The standard InChI is InChI=1S/C11H16N6O2/c1-19-11(18)8-9(13)17(4-2-3-12)16-10(8)15-7-5-14-6-7/h7,14H,2,4-6,13H2,1H3,(H,15,16). The van der Waals surface area contributed by atoms with E-state index in [0.29, 0.717) is 12.4 Å². The molecule has 8 nitrogen and oxygen atoms in total. The van der Waals surface area contributed by atoms with Gasteiger partial charge in [-0.25, -0.2) is 9.48 Å². The number of nitriles is 1. The van der Waals surface area contributed by atoms with Crippen molar-refractivity contribution in [2.45, 2.75) is 19.0 Å². The second-order valence-electron chi connectivity index (χ2n) is 4.23. The molecular weight excluding hydrogens is 248 g/mol. The van der Waals surface area contributed by atoms with Crippen LogP contribution in [0, 0.1) is 11.3 Å². The summed E-state index contributed by atoms with van der Waals surface area (Å²) in [6.07, 6.45) is 0.275. The predicted molar refractivity (Wildman–Crippen MR) is 68.5 cm³/mol. The maximum absolute atomic E-state index is 11.8. The number of aromatic nitrogens is 2. The first-order valence-electron chi connectivity index (χ1n) is 5.96. The summed E-state index contributed by atoms with van der Waals surface area (Å²) in [4.78, 5) is 11.8. The summed E-state index contributed by atoms with van der Waals surface area (Å²) >= 11 is 0. The molecular formula is C11H16N6O2. The van der Waals surface area contributed by atoms with Crippen molar-refractivity contribution < 1.29 is 9.53 Å². The van der Waals surface area contributed by atoms with Crippen LogP contribution in [0.15, 0.2) is 0 Å². The van der Waals surface area contributed by atoms with Crippen LogP contribution in [-0.4, -0.2) is 42.0 Å². The van der Waals surface area contributed by atoms with Crippen LogP contribution in [0.4, 0.5) is 11.6 Å². The van der Waals surface area contributed by atoms with Gasteiger partial charge in [0.2, 0.25) is 0 Å². The quantitative estimate of drug-likeness (QED) is 0.616. The predicted octanol–water partition coefficient (Wildman–Crippen LogP) is -0.451. The van der Waals surface area contributed by atoms with Gasteiger partial charge in [0.25, 0.3) is 0 Å². The Balaban J connectivity index is 2.27. The molecule has 1 aromatic rings. The van der Waals surface area contributed by atoms with Gasteiger partial charge in [0.1, 0.15) is 11.4 Å². The molecule has 1 aliphatic heterocycles. The maximum atomic E-state index is 11.8. The minimum Gasteiger partial charge on any atom is -0.465 e. The summed E-state index contributed by atoms with van der Waals surface area (Å²) in [5.74, 6) is 0.0983. The number of nitrogens with two attached hydrogens (primary N) is 1. The zero-order valence-electron chi connectivity index (χ0n) is 10.6. The van der Waals surface area contributed by atoms with Crippen LogP contribution in [0.3, 0.4) is 0 Å². The molecule has 0 radical (unpaired) electrons. The highest BCUT2D eigenvalue weighted by molar-refractivity contribution is 5.99. The Hall–Kier alpha value is -2.27. The van der Waals surface area contributed by atoms with Crippen LogP contribution in [0.5, 0.6) is 0 Å². The van der Waals surface area contributed by atoms with E-state index in [1.54, 1.807) is 0 Å². The van der Waals surface area contributed by atoms with Crippen molar-refractivity contribution in [3.63, 3.8) is 0 Å². The highest BCUT2D eigenvalue weighted by atomic mass is 16.5. The van der Waals surface area contributed by atoms with Gasteiger partial charge < -0.3 is 21.1 Å². The number of hydrogen-bond acceptors (Lipinski definition) is 7. The minimum absolute atomic E-state index is 0.219. The van der Waals surface area contributed by atoms with Gasteiger partial charge in [-0.2, -0.15) is 10.4 Å². The zero-order chi connectivity index (χ0) is 13.8. The van der Waals surface area contributed by atoms with Gasteiger partial charge in [-0.05, 0) is 0 Å². The van der Waals surface area contributed by atoms with Crippen LogP contribution in [0.25, 0.3) is 0 Å². The Morgan fingerprint density at radius 1 is 1.74 bits per heavy atom. The molecule has 2 heterocycles.